The summed E-state index contributed by atoms with van der Waals surface area (Å²) in [5.41, 5.74) is 0.394. The lowest BCUT2D eigenvalue weighted by molar-refractivity contribution is 0.196. The van der Waals surface area contributed by atoms with Crippen molar-refractivity contribution < 1.29 is 14.9 Å². The van der Waals surface area contributed by atoms with Crippen LogP contribution in [-0.4, -0.2) is 22.7 Å². The Kier molecular flexibility index (Phi) is 4.04. The maximum atomic E-state index is 9.68. The van der Waals surface area contributed by atoms with Gasteiger partial charge in [0.1, 0.15) is 0 Å². The number of aliphatic hydroxyl groups excluding tert-OH is 1. The van der Waals surface area contributed by atoms with Crippen molar-refractivity contribution in [2.24, 2.45) is 0 Å². The molecule has 0 heterocycles. The number of alkyl halides is 1. The van der Waals surface area contributed by atoms with Gasteiger partial charge in [-0.3, -0.25) is 0 Å². The smallest absolute Gasteiger partial charge is 0.163 e. The lowest BCUT2D eigenvalue weighted by Gasteiger charge is -2.12. The van der Waals surface area contributed by atoms with E-state index in [9.17, 15) is 10.2 Å². The average molecular weight is 217 g/mol. The average Bonchev–Trinajstić information content (AvgIpc) is 2.20. The molecule has 78 valence electrons. The molecule has 0 aliphatic rings. The van der Waals surface area contributed by atoms with Crippen LogP contribution in [-0.2, 0) is 0 Å². The second-order valence-electron chi connectivity index (χ2n) is 2.80. The first-order valence-corrected chi connectivity index (χ1v) is 4.92. The molecule has 3 nitrogen and oxygen atoms in total. The van der Waals surface area contributed by atoms with Gasteiger partial charge >= 0.3 is 0 Å². The van der Waals surface area contributed by atoms with E-state index in [4.69, 9.17) is 16.3 Å². The number of halogens is 1. The van der Waals surface area contributed by atoms with E-state index in [1.54, 1.807) is 18.2 Å². The first-order chi connectivity index (χ1) is 6.70. The molecule has 1 aromatic rings. The highest BCUT2D eigenvalue weighted by atomic mass is 35.5. The zero-order valence-corrected chi connectivity index (χ0v) is 8.66. The Balaban J connectivity index is 3.00. The minimum absolute atomic E-state index is 0.0394. The fraction of sp³-hybridized carbons (Fsp3) is 0.400. The van der Waals surface area contributed by atoms with Crippen LogP contribution in [0.15, 0.2) is 18.2 Å². The van der Waals surface area contributed by atoms with Crippen LogP contribution < -0.4 is 4.74 Å². The summed E-state index contributed by atoms with van der Waals surface area (Å²) < 4.78 is 5.17. The van der Waals surface area contributed by atoms with Gasteiger partial charge in [0.2, 0.25) is 0 Å². The molecule has 1 rings (SSSR count). The zero-order valence-electron chi connectivity index (χ0n) is 7.90. The predicted octanol–water partition coefficient (Wildman–Crippen LogP) is 2.06. The van der Waals surface area contributed by atoms with Crippen molar-refractivity contribution in [1.29, 1.82) is 0 Å². The molecule has 0 fully saturated rings. The van der Waals surface area contributed by atoms with Crippen LogP contribution in [0.4, 0.5) is 0 Å². The van der Waals surface area contributed by atoms with Crippen molar-refractivity contribution in [3.05, 3.63) is 23.8 Å². The predicted molar refractivity (Wildman–Crippen MR) is 55.0 cm³/mol. The standard InChI is InChI=1S/C10H13ClO3/c1-2-14-9-5-3-4-7(10(9)13)8(12)6-11/h3-5,8,12-13H,2,6H2,1H3. The number of phenols is 1. The van der Waals surface area contributed by atoms with Crippen LogP contribution in [0.2, 0.25) is 0 Å². The summed E-state index contributed by atoms with van der Waals surface area (Å²) in [4.78, 5) is 0. The molecule has 0 aromatic heterocycles. The number of aliphatic hydroxyl groups is 1. The number of rotatable bonds is 4. The van der Waals surface area contributed by atoms with Crippen molar-refractivity contribution in [2.45, 2.75) is 13.0 Å². The van der Waals surface area contributed by atoms with Crippen LogP contribution in [0.3, 0.4) is 0 Å². The quantitative estimate of drug-likeness (QED) is 0.758. The van der Waals surface area contributed by atoms with Crippen molar-refractivity contribution in [3.63, 3.8) is 0 Å². The fourth-order valence-corrected chi connectivity index (χ4v) is 1.33. The first-order valence-electron chi connectivity index (χ1n) is 4.39. The molecule has 2 N–H and O–H groups in total. The third kappa shape index (κ3) is 2.30. The van der Waals surface area contributed by atoms with Crippen LogP contribution in [0, 0.1) is 0 Å². The molecule has 0 aliphatic carbocycles. The third-order valence-electron chi connectivity index (χ3n) is 1.84. The molecular formula is C10H13ClO3. The van der Waals surface area contributed by atoms with Gasteiger partial charge in [0.15, 0.2) is 11.5 Å². The van der Waals surface area contributed by atoms with Gasteiger partial charge in [-0.2, -0.15) is 0 Å². The third-order valence-corrected chi connectivity index (χ3v) is 2.13. The Morgan fingerprint density at radius 1 is 1.50 bits per heavy atom. The Morgan fingerprint density at radius 3 is 2.79 bits per heavy atom. The van der Waals surface area contributed by atoms with E-state index in [0.717, 1.165) is 0 Å². The monoisotopic (exact) mass is 216 g/mol. The molecular weight excluding hydrogens is 204 g/mol. The number of hydrogen-bond donors (Lipinski definition) is 2. The second-order valence-corrected chi connectivity index (χ2v) is 3.11. The summed E-state index contributed by atoms with van der Waals surface area (Å²) in [6, 6.07) is 4.96. The molecule has 14 heavy (non-hydrogen) atoms. The van der Waals surface area contributed by atoms with Gasteiger partial charge in [-0.1, -0.05) is 12.1 Å². The molecule has 0 bridgehead atoms. The molecule has 0 radical (unpaired) electrons. The van der Waals surface area contributed by atoms with E-state index in [-0.39, 0.29) is 11.6 Å². The van der Waals surface area contributed by atoms with Crippen molar-refractivity contribution in [2.75, 3.05) is 12.5 Å². The SMILES string of the molecule is CCOc1cccc(C(O)CCl)c1O. The van der Waals surface area contributed by atoms with E-state index in [2.05, 4.69) is 0 Å². The summed E-state index contributed by atoms with van der Waals surface area (Å²) >= 11 is 5.49. The summed E-state index contributed by atoms with van der Waals surface area (Å²) in [6.07, 6.45) is -0.864. The minimum Gasteiger partial charge on any atom is -0.504 e. The maximum absolute atomic E-state index is 9.68. The van der Waals surface area contributed by atoms with Crippen molar-refractivity contribution in [1.82, 2.24) is 0 Å². The molecule has 1 atom stereocenters. The van der Waals surface area contributed by atoms with E-state index >= 15 is 0 Å². The van der Waals surface area contributed by atoms with E-state index in [1.165, 1.54) is 0 Å². The Morgan fingerprint density at radius 2 is 2.21 bits per heavy atom. The summed E-state index contributed by atoms with van der Waals surface area (Å²) in [5, 5.41) is 19.1. The molecule has 1 aromatic carbocycles. The van der Waals surface area contributed by atoms with Crippen LogP contribution >= 0.6 is 11.6 Å². The molecule has 0 amide bonds. The molecule has 0 saturated heterocycles. The van der Waals surface area contributed by atoms with Crippen molar-refractivity contribution in [3.8, 4) is 11.5 Å². The largest absolute Gasteiger partial charge is 0.504 e. The van der Waals surface area contributed by atoms with Gasteiger partial charge in [-0.25, -0.2) is 0 Å². The lowest BCUT2D eigenvalue weighted by atomic mass is 10.1. The number of hydrogen-bond acceptors (Lipinski definition) is 3. The highest BCUT2D eigenvalue weighted by molar-refractivity contribution is 6.18. The molecule has 1 unspecified atom stereocenters. The van der Waals surface area contributed by atoms with Gasteiger partial charge in [-0.15, -0.1) is 11.6 Å². The number of para-hydroxylation sites is 1. The number of aromatic hydroxyl groups is 1. The topological polar surface area (TPSA) is 49.7 Å². The van der Waals surface area contributed by atoms with Gasteiger partial charge in [0.05, 0.1) is 18.6 Å². The Labute approximate surface area is 87.9 Å². The van der Waals surface area contributed by atoms with Crippen LogP contribution in [0.25, 0.3) is 0 Å². The lowest BCUT2D eigenvalue weighted by Crippen LogP contribution is -2.00. The van der Waals surface area contributed by atoms with E-state index in [1.807, 2.05) is 6.92 Å². The molecule has 4 heteroatoms. The number of phenolic OH excluding ortho intramolecular Hbond substituents is 1. The van der Waals surface area contributed by atoms with E-state index in [0.29, 0.717) is 17.9 Å². The zero-order chi connectivity index (χ0) is 10.6. The molecule has 0 aliphatic heterocycles. The highest BCUT2D eigenvalue weighted by Crippen LogP contribution is 2.33. The van der Waals surface area contributed by atoms with Gasteiger partial charge in [-0.05, 0) is 13.0 Å². The summed E-state index contributed by atoms with van der Waals surface area (Å²) in [7, 11) is 0. The number of benzene rings is 1. The van der Waals surface area contributed by atoms with Crippen LogP contribution in [0.1, 0.15) is 18.6 Å². The maximum Gasteiger partial charge on any atom is 0.163 e. The molecule has 0 saturated carbocycles. The Hall–Kier alpha value is -0.930. The highest BCUT2D eigenvalue weighted by Gasteiger charge is 2.14. The summed E-state index contributed by atoms with van der Waals surface area (Å²) in [6.45, 7) is 2.29. The summed E-state index contributed by atoms with van der Waals surface area (Å²) in [5.74, 6) is 0.375. The Bertz CT molecular complexity index is 301. The second kappa shape index (κ2) is 5.08. The van der Waals surface area contributed by atoms with Gasteiger partial charge < -0.3 is 14.9 Å². The minimum atomic E-state index is -0.864. The van der Waals surface area contributed by atoms with E-state index < -0.39 is 6.10 Å². The molecule has 0 spiro atoms. The normalized spacial score (nSPS) is 12.5. The number of ether oxygens (including phenoxy) is 1. The van der Waals surface area contributed by atoms with Crippen LogP contribution in [0.5, 0.6) is 11.5 Å². The fourth-order valence-electron chi connectivity index (χ4n) is 1.16. The van der Waals surface area contributed by atoms with Gasteiger partial charge in [0.25, 0.3) is 0 Å². The first kappa shape index (κ1) is 11.1. The van der Waals surface area contributed by atoms with Gasteiger partial charge in [0, 0.05) is 5.56 Å². The van der Waals surface area contributed by atoms with Crippen molar-refractivity contribution >= 4 is 11.6 Å².